The lowest BCUT2D eigenvalue weighted by Gasteiger charge is -2.16. The van der Waals surface area contributed by atoms with E-state index in [1.807, 2.05) is 12.1 Å². The Morgan fingerprint density at radius 2 is 2.17 bits per heavy atom. The van der Waals surface area contributed by atoms with Gasteiger partial charge in [-0.2, -0.15) is 0 Å². The zero-order valence-electron chi connectivity index (χ0n) is 11.5. The Balaban J connectivity index is 2.30. The third kappa shape index (κ3) is 5.52. The highest BCUT2D eigenvalue weighted by molar-refractivity contribution is 5.28. The molecule has 3 heteroatoms. The monoisotopic (exact) mass is 251 g/mol. The van der Waals surface area contributed by atoms with E-state index < -0.39 is 0 Å². The van der Waals surface area contributed by atoms with Crippen molar-refractivity contribution >= 4 is 0 Å². The molecule has 0 bridgehead atoms. The summed E-state index contributed by atoms with van der Waals surface area (Å²) < 4.78 is 5.71. The smallest absolute Gasteiger partial charge is 0.119 e. The Morgan fingerprint density at radius 1 is 1.33 bits per heavy atom. The van der Waals surface area contributed by atoms with Crippen LogP contribution in [0, 0.1) is 0 Å². The van der Waals surface area contributed by atoms with Gasteiger partial charge in [0, 0.05) is 6.04 Å². The van der Waals surface area contributed by atoms with Gasteiger partial charge in [-0.05, 0) is 43.5 Å². The minimum Gasteiger partial charge on any atom is -0.494 e. The fourth-order valence-corrected chi connectivity index (χ4v) is 1.78. The number of aliphatic hydroxyl groups excluding tert-OH is 1. The van der Waals surface area contributed by atoms with E-state index in [0.717, 1.165) is 31.6 Å². The van der Waals surface area contributed by atoms with Gasteiger partial charge in [-0.3, -0.25) is 0 Å². The highest BCUT2D eigenvalue weighted by Crippen LogP contribution is 2.14. The van der Waals surface area contributed by atoms with Gasteiger partial charge < -0.3 is 15.2 Å². The van der Waals surface area contributed by atoms with Crippen molar-refractivity contribution in [2.45, 2.75) is 39.2 Å². The molecule has 0 saturated heterocycles. The molecule has 0 aliphatic rings. The van der Waals surface area contributed by atoms with Gasteiger partial charge >= 0.3 is 0 Å². The van der Waals surface area contributed by atoms with Crippen LogP contribution in [-0.4, -0.2) is 30.9 Å². The Bertz CT molecular complexity index is 328. The first-order chi connectivity index (χ1) is 8.80. The van der Waals surface area contributed by atoms with Gasteiger partial charge in [0.05, 0.1) is 13.2 Å². The number of rotatable bonds is 9. The molecule has 0 amide bonds. The molecule has 0 heterocycles. The van der Waals surface area contributed by atoms with Gasteiger partial charge in [0.25, 0.3) is 0 Å². The van der Waals surface area contributed by atoms with E-state index in [2.05, 4.69) is 31.3 Å². The summed E-state index contributed by atoms with van der Waals surface area (Å²) in [6.45, 7) is 5.99. The third-order valence-electron chi connectivity index (χ3n) is 2.95. The van der Waals surface area contributed by atoms with Crippen LogP contribution >= 0.6 is 0 Å². The van der Waals surface area contributed by atoms with Gasteiger partial charge in [-0.25, -0.2) is 0 Å². The number of hydrogen-bond donors (Lipinski definition) is 2. The lowest BCUT2D eigenvalue weighted by Crippen LogP contribution is -2.34. The average Bonchev–Trinajstić information content (AvgIpc) is 2.43. The van der Waals surface area contributed by atoms with Crippen LogP contribution in [0.1, 0.15) is 32.3 Å². The minimum atomic E-state index is 0.138. The lowest BCUT2D eigenvalue weighted by atomic mass is 10.2. The van der Waals surface area contributed by atoms with Crippen LogP contribution in [-0.2, 0) is 6.42 Å². The largest absolute Gasteiger partial charge is 0.494 e. The van der Waals surface area contributed by atoms with Crippen LogP contribution in [0.4, 0.5) is 0 Å². The second-order valence-corrected chi connectivity index (χ2v) is 4.47. The molecule has 1 aromatic carbocycles. The summed E-state index contributed by atoms with van der Waals surface area (Å²) in [4.78, 5) is 0. The molecule has 1 atom stereocenters. The molecule has 1 unspecified atom stereocenters. The molecular weight excluding hydrogens is 226 g/mol. The van der Waals surface area contributed by atoms with Crippen molar-refractivity contribution in [2.24, 2.45) is 0 Å². The molecule has 0 aliphatic carbocycles. The quantitative estimate of drug-likeness (QED) is 0.708. The molecule has 18 heavy (non-hydrogen) atoms. The number of aryl methyl sites for hydroxylation is 1. The zero-order valence-corrected chi connectivity index (χ0v) is 11.5. The van der Waals surface area contributed by atoms with Crippen molar-refractivity contribution in [3.05, 3.63) is 29.8 Å². The maximum absolute atomic E-state index is 9.21. The SMILES string of the molecule is CCCNC(CO)CCOc1cccc(CC)c1. The molecule has 0 aliphatic heterocycles. The number of benzene rings is 1. The summed E-state index contributed by atoms with van der Waals surface area (Å²) in [7, 11) is 0. The molecule has 0 saturated carbocycles. The minimum absolute atomic E-state index is 0.138. The van der Waals surface area contributed by atoms with Crippen LogP contribution < -0.4 is 10.1 Å². The molecule has 0 aromatic heterocycles. The molecule has 0 spiro atoms. The number of aliphatic hydroxyl groups is 1. The second kappa shape index (κ2) is 8.95. The Kier molecular flexibility index (Phi) is 7.46. The van der Waals surface area contributed by atoms with Crippen molar-refractivity contribution in [1.29, 1.82) is 0 Å². The lowest BCUT2D eigenvalue weighted by molar-refractivity contribution is 0.209. The van der Waals surface area contributed by atoms with Crippen molar-refractivity contribution in [3.63, 3.8) is 0 Å². The van der Waals surface area contributed by atoms with E-state index in [1.54, 1.807) is 0 Å². The molecule has 0 radical (unpaired) electrons. The first kappa shape index (κ1) is 15.0. The van der Waals surface area contributed by atoms with Crippen molar-refractivity contribution in [1.82, 2.24) is 5.32 Å². The van der Waals surface area contributed by atoms with Gasteiger partial charge in [0.2, 0.25) is 0 Å². The number of ether oxygens (including phenoxy) is 1. The first-order valence-corrected chi connectivity index (χ1v) is 6.86. The van der Waals surface area contributed by atoms with Crippen molar-refractivity contribution in [3.8, 4) is 5.75 Å². The molecule has 102 valence electrons. The van der Waals surface area contributed by atoms with E-state index >= 15 is 0 Å². The van der Waals surface area contributed by atoms with Gasteiger partial charge in [-0.15, -0.1) is 0 Å². The van der Waals surface area contributed by atoms with Gasteiger partial charge in [-0.1, -0.05) is 26.0 Å². The summed E-state index contributed by atoms with van der Waals surface area (Å²) in [5.41, 5.74) is 1.29. The Morgan fingerprint density at radius 3 is 2.83 bits per heavy atom. The van der Waals surface area contributed by atoms with E-state index in [-0.39, 0.29) is 12.6 Å². The third-order valence-corrected chi connectivity index (χ3v) is 2.95. The van der Waals surface area contributed by atoms with E-state index in [0.29, 0.717) is 6.61 Å². The molecular formula is C15H25NO2. The van der Waals surface area contributed by atoms with E-state index in [9.17, 15) is 5.11 Å². The molecule has 1 aromatic rings. The predicted molar refractivity (Wildman–Crippen MR) is 75.1 cm³/mol. The van der Waals surface area contributed by atoms with Crippen LogP contribution in [0.15, 0.2) is 24.3 Å². The first-order valence-electron chi connectivity index (χ1n) is 6.86. The van der Waals surface area contributed by atoms with Crippen molar-refractivity contribution in [2.75, 3.05) is 19.8 Å². The molecule has 1 rings (SSSR count). The summed E-state index contributed by atoms with van der Waals surface area (Å²) in [5, 5.41) is 12.5. The summed E-state index contributed by atoms with van der Waals surface area (Å²) >= 11 is 0. The van der Waals surface area contributed by atoms with Crippen LogP contribution in [0.3, 0.4) is 0 Å². The predicted octanol–water partition coefficient (Wildman–Crippen LogP) is 2.38. The Hall–Kier alpha value is -1.06. The van der Waals surface area contributed by atoms with Crippen LogP contribution in [0.5, 0.6) is 5.75 Å². The highest BCUT2D eigenvalue weighted by Gasteiger charge is 2.06. The summed E-state index contributed by atoms with van der Waals surface area (Å²) in [6, 6.07) is 8.32. The highest BCUT2D eigenvalue weighted by atomic mass is 16.5. The van der Waals surface area contributed by atoms with Crippen LogP contribution in [0.25, 0.3) is 0 Å². The standard InChI is InChI=1S/C15H25NO2/c1-3-9-16-14(12-17)8-10-18-15-7-5-6-13(4-2)11-15/h5-7,11,14,16-17H,3-4,8-10,12H2,1-2H3. The Labute approximate surface area is 110 Å². The number of nitrogens with one attached hydrogen (secondary N) is 1. The number of hydrogen-bond acceptors (Lipinski definition) is 3. The zero-order chi connectivity index (χ0) is 13.2. The van der Waals surface area contributed by atoms with E-state index in [4.69, 9.17) is 4.74 Å². The normalized spacial score (nSPS) is 12.4. The van der Waals surface area contributed by atoms with Crippen LogP contribution in [0.2, 0.25) is 0 Å². The fraction of sp³-hybridized carbons (Fsp3) is 0.600. The average molecular weight is 251 g/mol. The fourth-order valence-electron chi connectivity index (χ4n) is 1.78. The maximum atomic E-state index is 9.21. The second-order valence-electron chi connectivity index (χ2n) is 4.47. The molecule has 2 N–H and O–H groups in total. The van der Waals surface area contributed by atoms with Crippen molar-refractivity contribution < 1.29 is 9.84 Å². The maximum Gasteiger partial charge on any atom is 0.119 e. The van der Waals surface area contributed by atoms with E-state index in [1.165, 1.54) is 5.56 Å². The van der Waals surface area contributed by atoms with Gasteiger partial charge in [0.1, 0.15) is 5.75 Å². The molecule has 0 fully saturated rings. The summed E-state index contributed by atoms with van der Waals surface area (Å²) in [6.07, 6.45) is 2.93. The topological polar surface area (TPSA) is 41.5 Å². The summed E-state index contributed by atoms with van der Waals surface area (Å²) in [5.74, 6) is 0.918. The van der Waals surface area contributed by atoms with Gasteiger partial charge in [0.15, 0.2) is 0 Å². The molecule has 3 nitrogen and oxygen atoms in total.